The molecule has 0 bridgehead atoms. The minimum Gasteiger partial charge on any atom is -0.496 e. The molecule has 0 unspecified atom stereocenters. The number of nitrogens with one attached hydrogen (secondary N) is 1. The Morgan fingerprint density at radius 1 is 1.03 bits per heavy atom. The van der Waals surface area contributed by atoms with Crippen molar-refractivity contribution in [3.8, 4) is 5.75 Å². The SMILES string of the molecule is COc1ccc(C(=O)Nc2ccc(F)cc2F)cc1CN(C)S(=O)(=O)c1ccc(C)cc1. The third-order valence-electron chi connectivity index (χ3n) is 4.84. The summed E-state index contributed by atoms with van der Waals surface area (Å²) in [5.74, 6) is -1.91. The van der Waals surface area contributed by atoms with Crippen molar-refractivity contribution < 1.29 is 26.7 Å². The molecule has 0 heterocycles. The number of sulfonamides is 1. The highest BCUT2D eigenvalue weighted by Crippen LogP contribution is 2.25. The van der Waals surface area contributed by atoms with Crippen LogP contribution in [-0.4, -0.2) is 32.8 Å². The highest BCUT2D eigenvalue weighted by Gasteiger charge is 2.23. The maximum absolute atomic E-state index is 13.9. The Hall–Kier alpha value is -3.30. The monoisotopic (exact) mass is 460 g/mol. The number of hydrogen-bond acceptors (Lipinski definition) is 4. The summed E-state index contributed by atoms with van der Waals surface area (Å²) in [7, 11) is -0.921. The van der Waals surface area contributed by atoms with E-state index in [0.29, 0.717) is 17.4 Å². The number of rotatable bonds is 7. The largest absolute Gasteiger partial charge is 0.496 e. The first-order valence-corrected chi connectivity index (χ1v) is 11.0. The van der Waals surface area contributed by atoms with Crippen molar-refractivity contribution in [1.29, 1.82) is 0 Å². The van der Waals surface area contributed by atoms with Crippen LogP contribution in [-0.2, 0) is 16.6 Å². The number of benzene rings is 3. The van der Waals surface area contributed by atoms with E-state index in [2.05, 4.69) is 5.32 Å². The summed E-state index contributed by atoms with van der Waals surface area (Å²) in [5.41, 5.74) is 1.36. The third kappa shape index (κ3) is 5.12. The maximum Gasteiger partial charge on any atom is 0.255 e. The molecule has 0 radical (unpaired) electrons. The smallest absolute Gasteiger partial charge is 0.255 e. The molecular weight excluding hydrogens is 438 g/mol. The standard InChI is InChI=1S/C23H22F2N2O4S/c1-15-4-8-19(9-5-15)32(29,30)27(2)14-17-12-16(6-11-22(17)31-3)23(28)26-21-10-7-18(24)13-20(21)25/h4-13H,14H2,1-3H3,(H,26,28). The molecule has 0 spiro atoms. The van der Waals surface area contributed by atoms with Gasteiger partial charge in [-0.2, -0.15) is 4.31 Å². The second kappa shape index (κ2) is 9.46. The van der Waals surface area contributed by atoms with Gasteiger partial charge in [-0.05, 0) is 49.4 Å². The Bertz CT molecular complexity index is 1250. The number of methoxy groups -OCH3 is 1. The number of carbonyl (C=O) groups is 1. The van der Waals surface area contributed by atoms with Crippen LogP contribution >= 0.6 is 0 Å². The van der Waals surface area contributed by atoms with Crippen LogP contribution in [0.1, 0.15) is 21.5 Å². The van der Waals surface area contributed by atoms with Crippen molar-refractivity contribution in [3.05, 3.63) is 89.0 Å². The number of ether oxygens (including phenoxy) is 1. The van der Waals surface area contributed by atoms with Gasteiger partial charge in [0.05, 0.1) is 17.7 Å². The number of nitrogens with zero attached hydrogens (tertiary/aromatic N) is 1. The zero-order valence-electron chi connectivity index (χ0n) is 17.7. The Morgan fingerprint density at radius 3 is 2.34 bits per heavy atom. The maximum atomic E-state index is 13.9. The van der Waals surface area contributed by atoms with Gasteiger partial charge < -0.3 is 10.1 Å². The van der Waals surface area contributed by atoms with Gasteiger partial charge in [0, 0.05) is 30.8 Å². The molecule has 1 amide bonds. The summed E-state index contributed by atoms with van der Waals surface area (Å²) in [6, 6.07) is 13.8. The molecule has 32 heavy (non-hydrogen) atoms. The van der Waals surface area contributed by atoms with Crippen LogP contribution < -0.4 is 10.1 Å². The van der Waals surface area contributed by atoms with Crippen molar-refractivity contribution in [2.24, 2.45) is 0 Å². The number of aryl methyl sites for hydroxylation is 1. The number of carbonyl (C=O) groups excluding carboxylic acids is 1. The van der Waals surface area contributed by atoms with Gasteiger partial charge in [0.2, 0.25) is 10.0 Å². The predicted octanol–water partition coefficient (Wildman–Crippen LogP) is 4.35. The van der Waals surface area contributed by atoms with E-state index in [0.717, 1.165) is 22.0 Å². The molecular formula is C23H22F2N2O4S. The van der Waals surface area contributed by atoms with Crippen LogP contribution in [0.3, 0.4) is 0 Å². The van der Waals surface area contributed by atoms with E-state index >= 15 is 0 Å². The molecule has 6 nitrogen and oxygen atoms in total. The van der Waals surface area contributed by atoms with E-state index in [1.807, 2.05) is 6.92 Å². The number of anilines is 1. The molecule has 3 rings (SSSR count). The van der Waals surface area contributed by atoms with E-state index in [-0.39, 0.29) is 22.7 Å². The minimum absolute atomic E-state index is 0.0641. The van der Waals surface area contributed by atoms with Gasteiger partial charge in [-0.15, -0.1) is 0 Å². The Kier molecular flexibility index (Phi) is 6.90. The fraction of sp³-hybridized carbons (Fsp3) is 0.174. The molecule has 0 saturated heterocycles. The molecule has 0 aromatic heterocycles. The average molecular weight is 461 g/mol. The van der Waals surface area contributed by atoms with E-state index in [1.165, 1.54) is 44.5 Å². The first kappa shape index (κ1) is 23.4. The summed E-state index contributed by atoms with van der Waals surface area (Å²) in [4.78, 5) is 12.7. The molecule has 0 atom stereocenters. The fourth-order valence-corrected chi connectivity index (χ4v) is 4.19. The molecule has 0 aliphatic carbocycles. The van der Waals surface area contributed by atoms with Crippen molar-refractivity contribution in [2.75, 3.05) is 19.5 Å². The molecule has 0 fully saturated rings. The quantitative estimate of drug-likeness (QED) is 0.569. The molecule has 0 saturated carbocycles. The van der Waals surface area contributed by atoms with E-state index < -0.39 is 27.6 Å². The molecule has 0 aliphatic heterocycles. The van der Waals surface area contributed by atoms with Crippen molar-refractivity contribution in [3.63, 3.8) is 0 Å². The Balaban J connectivity index is 1.85. The van der Waals surface area contributed by atoms with Crippen molar-refractivity contribution in [1.82, 2.24) is 4.31 Å². The highest BCUT2D eigenvalue weighted by molar-refractivity contribution is 7.89. The van der Waals surface area contributed by atoms with E-state index in [1.54, 1.807) is 12.1 Å². The lowest BCUT2D eigenvalue weighted by atomic mass is 10.1. The van der Waals surface area contributed by atoms with E-state index in [9.17, 15) is 22.0 Å². The summed E-state index contributed by atoms with van der Waals surface area (Å²) >= 11 is 0. The van der Waals surface area contributed by atoms with Gasteiger partial charge >= 0.3 is 0 Å². The first-order valence-electron chi connectivity index (χ1n) is 9.58. The summed E-state index contributed by atoms with van der Waals surface area (Å²) < 4.78 is 59.2. The third-order valence-corrected chi connectivity index (χ3v) is 6.66. The summed E-state index contributed by atoms with van der Waals surface area (Å²) in [5, 5.41) is 2.38. The number of halogens is 2. The van der Waals surface area contributed by atoms with Crippen LogP contribution in [0.2, 0.25) is 0 Å². The molecule has 3 aromatic rings. The van der Waals surface area contributed by atoms with E-state index in [4.69, 9.17) is 4.74 Å². The van der Waals surface area contributed by atoms with Crippen LogP contribution in [0.4, 0.5) is 14.5 Å². The normalized spacial score (nSPS) is 11.4. The molecule has 9 heteroatoms. The second-order valence-electron chi connectivity index (χ2n) is 7.18. The van der Waals surface area contributed by atoms with Crippen molar-refractivity contribution >= 4 is 21.6 Å². The Morgan fingerprint density at radius 2 is 1.72 bits per heavy atom. The van der Waals surface area contributed by atoms with Crippen molar-refractivity contribution in [2.45, 2.75) is 18.4 Å². The Labute approximate surface area is 185 Å². The fourth-order valence-electron chi connectivity index (χ4n) is 3.04. The summed E-state index contributed by atoms with van der Waals surface area (Å²) in [6.45, 7) is 1.80. The van der Waals surface area contributed by atoms with Gasteiger partial charge in [0.15, 0.2) is 0 Å². The average Bonchev–Trinajstić information content (AvgIpc) is 2.75. The molecule has 1 N–H and O–H groups in total. The van der Waals surface area contributed by atoms with Crippen LogP contribution in [0, 0.1) is 18.6 Å². The number of hydrogen-bond donors (Lipinski definition) is 1. The van der Waals surface area contributed by atoms with Crippen LogP contribution in [0.5, 0.6) is 5.75 Å². The molecule has 0 aliphatic rings. The molecule has 168 valence electrons. The lowest BCUT2D eigenvalue weighted by molar-refractivity contribution is 0.102. The van der Waals surface area contributed by atoms with Gasteiger partial charge in [0.25, 0.3) is 5.91 Å². The van der Waals surface area contributed by atoms with Gasteiger partial charge in [-0.1, -0.05) is 17.7 Å². The van der Waals surface area contributed by atoms with Gasteiger partial charge in [0.1, 0.15) is 17.4 Å². The van der Waals surface area contributed by atoms with Gasteiger partial charge in [-0.3, -0.25) is 4.79 Å². The lowest BCUT2D eigenvalue weighted by Gasteiger charge is -2.19. The van der Waals surface area contributed by atoms with Crippen LogP contribution in [0.15, 0.2) is 65.6 Å². The number of amides is 1. The topological polar surface area (TPSA) is 75.7 Å². The molecule has 3 aromatic carbocycles. The summed E-state index contributed by atoms with van der Waals surface area (Å²) in [6.07, 6.45) is 0. The predicted molar refractivity (Wildman–Crippen MR) is 117 cm³/mol. The minimum atomic E-state index is -3.78. The lowest BCUT2D eigenvalue weighted by Crippen LogP contribution is -2.27. The first-order chi connectivity index (χ1) is 15.1. The highest BCUT2D eigenvalue weighted by atomic mass is 32.2. The second-order valence-corrected chi connectivity index (χ2v) is 9.22. The van der Waals surface area contributed by atoms with Crippen LogP contribution in [0.25, 0.3) is 0 Å². The van der Waals surface area contributed by atoms with Gasteiger partial charge in [-0.25, -0.2) is 17.2 Å². The zero-order chi connectivity index (χ0) is 23.5. The zero-order valence-corrected chi connectivity index (χ0v) is 18.5.